The molecular weight excluding hydrogens is 182 g/mol. The molecule has 1 unspecified atom stereocenters. The Balaban J connectivity index is 4.36. The minimum atomic E-state index is 0.403. The Morgan fingerprint density at radius 3 is 2.00 bits per heavy atom. The van der Waals surface area contributed by atoms with Crippen molar-refractivity contribution in [2.75, 3.05) is 20.6 Å². The highest BCUT2D eigenvalue weighted by molar-refractivity contribution is 4.98. The van der Waals surface area contributed by atoms with Crippen LogP contribution in [-0.4, -0.2) is 25.5 Å². The predicted octanol–water partition coefficient (Wildman–Crippen LogP) is 3.81. The highest BCUT2D eigenvalue weighted by atomic mass is 15.1. The molecule has 0 aliphatic carbocycles. The Kier molecular flexibility index (Phi) is 5.58. The fourth-order valence-corrected chi connectivity index (χ4v) is 1.65. The monoisotopic (exact) mass is 211 g/mol. The molecular formula is C14H29N. The largest absolute Gasteiger partial charge is 0.309 e. The molecule has 0 aromatic heterocycles. The first kappa shape index (κ1) is 14.7. The summed E-state index contributed by atoms with van der Waals surface area (Å²) < 4.78 is 0. The molecule has 0 aliphatic heterocycles. The van der Waals surface area contributed by atoms with Crippen LogP contribution in [0.15, 0.2) is 12.2 Å². The summed E-state index contributed by atoms with van der Waals surface area (Å²) in [5.41, 5.74) is 1.72. The molecule has 0 radical (unpaired) electrons. The van der Waals surface area contributed by atoms with Crippen molar-refractivity contribution < 1.29 is 0 Å². The first-order chi connectivity index (χ1) is 6.64. The number of nitrogens with zero attached hydrogens (tertiary/aromatic N) is 1. The maximum atomic E-state index is 4.12. The standard InChI is InChI=1S/C14H29N/c1-11(2)13(10-15(7)8)9-12(3)14(4,5)6/h12-13H,1,9-10H2,2-8H3/t12-,13?/m0/s1. The number of rotatable bonds is 5. The van der Waals surface area contributed by atoms with Gasteiger partial charge in [0.1, 0.15) is 0 Å². The SMILES string of the molecule is C=C(C)C(C[C@H](C)C(C)(C)C)CN(C)C. The van der Waals surface area contributed by atoms with E-state index in [1.165, 1.54) is 12.0 Å². The van der Waals surface area contributed by atoms with Gasteiger partial charge in [0.05, 0.1) is 0 Å². The molecule has 0 aromatic rings. The van der Waals surface area contributed by atoms with Gasteiger partial charge in [0.2, 0.25) is 0 Å². The molecule has 2 atom stereocenters. The summed E-state index contributed by atoms with van der Waals surface area (Å²) in [6.45, 7) is 16.7. The molecule has 1 heteroatoms. The molecule has 1 nitrogen and oxygen atoms in total. The molecule has 0 saturated heterocycles. The number of hydrogen-bond donors (Lipinski definition) is 0. The summed E-state index contributed by atoms with van der Waals surface area (Å²) in [6, 6.07) is 0. The zero-order chi connectivity index (χ0) is 12.2. The van der Waals surface area contributed by atoms with E-state index < -0.39 is 0 Å². The lowest BCUT2D eigenvalue weighted by atomic mass is 9.76. The second-order valence-corrected chi connectivity index (χ2v) is 6.31. The van der Waals surface area contributed by atoms with E-state index in [-0.39, 0.29) is 0 Å². The highest BCUT2D eigenvalue weighted by Gasteiger charge is 2.24. The van der Waals surface area contributed by atoms with E-state index in [9.17, 15) is 0 Å². The van der Waals surface area contributed by atoms with E-state index in [1.807, 2.05) is 0 Å². The molecule has 0 N–H and O–H groups in total. The Morgan fingerprint density at radius 1 is 1.27 bits per heavy atom. The lowest BCUT2D eigenvalue weighted by Crippen LogP contribution is -2.27. The van der Waals surface area contributed by atoms with Gasteiger partial charge in [-0.3, -0.25) is 0 Å². The molecule has 0 heterocycles. The second-order valence-electron chi connectivity index (χ2n) is 6.31. The maximum absolute atomic E-state index is 4.12. The van der Waals surface area contributed by atoms with Crippen LogP contribution in [0.5, 0.6) is 0 Å². The third kappa shape index (κ3) is 5.99. The zero-order valence-electron chi connectivity index (χ0n) is 11.7. The smallest absolute Gasteiger partial charge is 0.00408 e. The van der Waals surface area contributed by atoms with Crippen molar-refractivity contribution in [2.45, 2.75) is 41.0 Å². The lowest BCUT2D eigenvalue weighted by molar-refractivity contribution is 0.207. The first-order valence-corrected chi connectivity index (χ1v) is 5.94. The van der Waals surface area contributed by atoms with Crippen LogP contribution in [0, 0.1) is 17.3 Å². The average Bonchev–Trinajstić information content (AvgIpc) is 1.99. The maximum Gasteiger partial charge on any atom is 0.00408 e. The quantitative estimate of drug-likeness (QED) is 0.625. The van der Waals surface area contributed by atoms with Crippen LogP contribution in [0.1, 0.15) is 41.0 Å². The summed E-state index contributed by atoms with van der Waals surface area (Å²) in [6.07, 6.45) is 1.25. The molecule has 0 rings (SSSR count). The first-order valence-electron chi connectivity index (χ1n) is 5.94. The van der Waals surface area contributed by atoms with Crippen molar-refractivity contribution in [1.82, 2.24) is 4.90 Å². The topological polar surface area (TPSA) is 3.24 Å². The summed E-state index contributed by atoms with van der Waals surface area (Å²) in [4.78, 5) is 2.26. The summed E-state index contributed by atoms with van der Waals surface area (Å²) in [5, 5.41) is 0. The molecule has 90 valence electrons. The van der Waals surface area contributed by atoms with Crippen LogP contribution >= 0.6 is 0 Å². The van der Waals surface area contributed by atoms with E-state index in [4.69, 9.17) is 0 Å². The Hall–Kier alpha value is -0.300. The predicted molar refractivity (Wildman–Crippen MR) is 70.1 cm³/mol. The molecule has 0 saturated carbocycles. The normalized spacial score (nSPS) is 16.5. The molecule has 15 heavy (non-hydrogen) atoms. The fourth-order valence-electron chi connectivity index (χ4n) is 1.65. The molecule has 0 aliphatic rings. The molecule has 0 aromatic carbocycles. The van der Waals surface area contributed by atoms with E-state index in [2.05, 4.69) is 60.2 Å². The van der Waals surface area contributed by atoms with Crippen LogP contribution in [-0.2, 0) is 0 Å². The fraction of sp³-hybridized carbons (Fsp3) is 0.857. The number of hydrogen-bond acceptors (Lipinski definition) is 1. The Morgan fingerprint density at radius 2 is 1.73 bits per heavy atom. The van der Waals surface area contributed by atoms with E-state index in [0.29, 0.717) is 11.3 Å². The Labute approximate surface area is 96.6 Å². The van der Waals surface area contributed by atoms with E-state index in [0.717, 1.165) is 12.5 Å². The van der Waals surface area contributed by atoms with E-state index in [1.54, 1.807) is 0 Å². The van der Waals surface area contributed by atoms with Crippen molar-refractivity contribution >= 4 is 0 Å². The summed E-state index contributed by atoms with van der Waals surface area (Å²) >= 11 is 0. The van der Waals surface area contributed by atoms with Crippen molar-refractivity contribution in [2.24, 2.45) is 17.3 Å². The van der Waals surface area contributed by atoms with Crippen molar-refractivity contribution in [3.05, 3.63) is 12.2 Å². The van der Waals surface area contributed by atoms with Crippen molar-refractivity contribution in [1.29, 1.82) is 0 Å². The van der Waals surface area contributed by atoms with E-state index >= 15 is 0 Å². The van der Waals surface area contributed by atoms with Gasteiger partial charge in [-0.1, -0.05) is 39.8 Å². The van der Waals surface area contributed by atoms with Gasteiger partial charge in [-0.05, 0) is 44.7 Å². The molecule has 0 spiro atoms. The van der Waals surface area contributed by atoms with Gasteiger partial charge in [0.25, 0.3) is 0 Å². The van der Waals surface area contributed by atoms with Crippen LogP contribution in [0.25, 0.3) is 0 Å². The lowest BCUT2D eigenvalue weighted by Gasteiger charge is -2.32. The third-order valence-corrected chi connectivity index (χ3v) is 3.40. The Bertz CT molecular complexity index is 198. The zero-order valence-corrected chi connectivity index (χ0v) is 11.7. The summed E-state index contributed by atoms with van der Waals surface area (Å²) in [5.74, 6) is 1.37. The van der Waals surface area contributed by atoms with Crippen LogP contribution < -0.4 is 0 Å². The summed E-state index contributed by atoms with van der Waals surface area (Å²) in [7, 11) is 4.27. The van der Waals surface area contributed by atoms with Gasteiger partial charge in [-0.15, -0.1) is 0 Å². The highest BCUT2D eigenvalue weighted by Crippen LogP contribution is 2.32. The van der Waals surface area contributed by atoms with Gasteiger partial charge in [-0.2, -0.15) is 0 Å². The van der Waals surface area contributed by atoms with Crippen LogP contribution in [0.3, 0.4) is 0 Å². The second kappa shape index (κ2) is 5.69. The molecule has 0 fully saturated rings. The van der Waals surface area contributed by atoms with Crippen molar-refractivity contribution in [3.63, 3.8) is 0 Å². The van der Waals surface area contributed by atoms with Gasteiger partial charge >= 0.3 is 0 Å². The van der Waals surface area contributed by atoms with Gasteiger partial charge in [0.15, 0.2) is 0 Å². The minimum absolute atomic E-state index is 0.403. The van der Waals surface area contributed by atoms with Crippen LogP contribution in [0.2, 0.25) is 0 Å². The van der Waals surface area contributed by atoms with Crippen molar-refractivity contribution in [3.8, 4) is 0 Å². The average molecular weight is 211 g/mol. The van der Waals surface area contributed by atoms with Crippen LogP contribution in [0.4, 0.5) is 0 Å². The third-order valence-electron chi connectivity index (χ3n) is 3.40. The molecule has 0 amide bonds. The van der Waals surface area contributed by atoms with Gasteiger partial charge in [0, 0.05) is 6.54 Å². The minimum Gasteiger partial charge on any atom is -0.309 e. The van der Waals surface area contributed by atoms with Gasteiger partial charge < -0.3 is 4.90 Å². The van der Waals surface area contributed by atoms with Gasteiger partial charge in [-0.25, -0.2) is 0 Å². The molecule has 0 bridgehead atoms.